The molecule has 0 aromatic heterocycles. The number of sulfonamides is 1. The fourth-order valence-corrected chi connectivity index (χ4v) is 4.59. The van der Waals surface area contributed by atoms with Gasteiger partial charge in [-0.2, -0.15) is 9.41 Å². The summed E-state index contributed by atoms with van der Waals surface area (Å²) in [5, 5.41) is 14.8. The van der Waals surface area contributed by atoms with E-state index in [-0.39, 0.29) is 22.9 Å². The zero-order chi connectivity index (χ0) is 24.7. The van der Waals surface area contributed by atoms with Crippen molar-refractivity contribution in [1.29, 1.82) is 0 Å². The van der Waals surface area contributed by atoms with Gasteiger partial charge in [0.25, 0.3) is 5.91 Å². The molecule has 178 valence electrons. The van der Waals surface area contributed by atoms with E-state index < -0.39 is 22.5 Å². The van der Waals surface area contributed by atoms with Crippen molar-refractivity contribution >= 4 is 45.3 Å². The molecular formula is C23H21Cl2N3O5S. The molecule has 0 unspecified atom stereocenters. The van der Waals surface area contributed by atoms with Gasteiger partial charge in [-0.25, -0.2) is 13.8 Å². The summed E-state index contributed by atoms with van der Waals surface area (Å²) in [7, 11) is -2.63. The number of hydrogen-bond donors (Lipinski definition) is 2. The summed E-state index contributed by atoms with van der Waals surface area (Å²) in [6.07, 6.45) is 1.23. The number of phenolic OH excluding ortho intramolecular Hbond substituents is 1. The molecule has 0 spiro atoms. The van der Waals surface area contributed by atoms with Gasteiger partial charge in [-0.15, -0.1) is 0 Å². The number of carbonyl (C=O) groups excluding carboxylic acids is 1. The lowest BCUT2D eigenvalue weighted by Gasteiger charge is -2.21. The Bertz CT molecular complexity index is 1280. The van der Waals surface area contributed by atoms with Gasteiger partial charge >= 0.3 is 0 Å². The standard InChI is InChI=1S/C23H21Cl2N3O5S/c1-33-21-4-2-3-17(23(21)30)13-26-27-22(29)15-28(14-16-5-7-18(24)8-6-16)34(31,32)20-11-9-19(25)10-12-20/h2-13,30H,14-15H2,1H3,(H,27,29)/b26-13-. The van der Waals surface area contributed by atoms with Crippen LogP contribution in [0.2, 0.25) is 10.0 Å². The first kappa shape index (κ1) is 25.5. The maximum absolute atomic E-state index is 13.3. The third-order valence-electron chi connectivity index (χ3n) is 4.69. The van der Waals surface area contributed by atoms with E-state index in [2.05, 4.69) is 10.5 Å². The summed E-state index contributed by atoms with van der Waals surface area (Å²) in [6, 6.07) is 17.1. The molecule has 3 rings (SSSR count). The van der Waals surface area contributed by atoms with Gasteiger partial charge in [-0.3, -0.25) is 4.79 Å². The van der Waals surface area contributed by atoms with Crippen molar-refractivity contribution in [3.05, 3.63) is 87.9 Å². The molecule has 3 aromatic carbocycles. The van der Waals surface area contributed by atoms with Gasteiger partial charge in [0.05, 0.1) is 24.8 Å². The number of amides is 1. The van der Waals surface area contributed by atoms with Crippen molar-refractivity contribution in [2.75, 3.05) is 13.7 Å². The van der Waals surface area contributed by atoms with Crippen molar-refractivity contribution in [2.24, 2.45) is 5.10 Å². The normalized spacial score (nSPS) is 11.6. The second kappa shape index (κ2) is 11.3. The van der Waals surface area contributed by atoms with Gasteiger partial charge in [0.2, 0.25) is 10.0 Å². The molecule has 0 aliphatic rings. The van der Waals surface area contributed by atoms with Crippen LogP contribution >= 0.6 is 23.2 Å². The molecule has 0 saturated heterocycles. The number of aromatic hydroxyl groups is 1. The number of hydrogen-bond acceptors (Lipinski definition) is 6. The van der Waals surface area contributed by atoms with Crippen molar-refractivity contribution in [3.63, 3.8) is 0 Å². The van der Waals surface area contributed by atoms with Crippen LogP contribution < -0.4 is 10.2 Å². The molecule has 0 radical (unpaired) electrons. The SMILES string of the molecule is COc1cccc(/C=N\NC(=O)CN(Cc2ccc(Cl)cc2)S(=O)(=O)c2ccc(Cl)cc2)c1O. The number of hydrazone groups is 1. The van der Waals surface area contributed by atoms with Crippen molar-refractivity contribution < 1.29 is 23.1 Å². The average Bonchev–Trinajstić information content (AvgIpc) is 2.81. The van der Waals surface area contributed by atoms with Gasteiger partial charge in [0.15, 0.2) is 11.5 Å². The molecule has 11 heteroatoms. The molecule has 0 fully saturated rings. The molecule has 2 N–H and O–H groups in total. The predicted octanol–water partition coefficient (Wildman–Crippen LogP) is 4.05. The molecule has 3 aromatic rings. The van der Waals surface area contributed by atoms with Crippen LogP contribution in [0.15, 0.2) is 76.7 Å². The van der Waals surface area contributed by atoms with Crippen LogP contribution in [0.4, 0.5) is 0 Å². The second-order valence-corrected chi connectivity index (χ2v) is 9.86. The molecule has 1 amide bonds. The maximum Gasteiger partial charge on any atom is 0.255 e. The molecule has 0 bridgehead atoms. The van der Waals surface area contributed by atoms with Gasteiger partial charge in [-0.1, -0.05) is 41.4 Å². The maximum atomic E-state index is 13.3. The molecule has 8 nitrogen and oxygen atoms in total. The minimum atomic E-state index is -4.04. The third-order valence-corrected chi connectivity index (χ3v) is 7.00. The zero-order valence-corrected chi connectivity index (χ0v) is 20.3. The average molecular weight is 522 g/mol. The number of halogens is 2. The number of nitrogens with one attached hydrogen (secondary N) is 1. The summed E-state index contributed by atoms with van der Waals surface area (Å²) in [6.45, 7) is -0.578. The van der Waals surface area contributed by atoms with E-state index in [0.717, 1.165) is 4.31 Å². The van der Waals surface area contributed by atoms with Crippen molar-refractivity contribution in [1.82, 2.24) is 9.73 Å². The molecule has 0 heterocycles. The largest absolute Gasteiger partial charge is 0.504 e. The number of methoxy groups -OCH3 is 1. The van der Waals surface area contributed by atoms with Gasteiger partial charge in [-0.05, 0) is 54.1 Å². The summed E-state index contributed by atoms with van der Waals surface area (Å²) in [5.74, 6) is -0.568. The lowest BCUT2D eigenvalue weighted by molar-refractivity contribution is -0.121. The minimum Gasteiger partial charge on any atom is -0.504 e. The first-order valence-corrected chi connectivity index (χ1v) is 12.1. The van der Waals surface area contributed by atoms with Crippen LogP contribution in [0.1, 0.15) is 11.1 Å². The van der Waals surface area contributed by atoms with E-state index in [4.69, 9.17) is 27.9 Å². The van der Waals surface area contributed by atoms with E-state index in [1.54, 1.807) is 42.5 Å². The van der Waals surface area contributed by atoms with Gasteiger partial charge in [0, 0.05) is 22.2 Å². The highest BCUT2D eigenvalue weighted by molar-refractivity contribution is 7.89. The molecule has 0 aliphatic heterocycles. The topological polar surface area (TPSA) is 108 Å². The first-order valence-electron chi connectivity index (χ1n) is 9.88. The van der Waals surface area contributed by atoms with E-state index in [1.807, 2.05) is 0 Å². The number of nitrogens with zero attached hydrogens (tertiary/aromatic N) is 2. The van der Waals surface area contributed by atoms with E-state index >= 15 is 0 Å². The number of rotatable bonds is 9. The molecule has 0 atom stereocenters. The molecular weight excluding hydrogens is 501 g/mol. The monoisotopic (exact) mass is 521 g/mol. The van der Waals surface area contributed by atoms with Gasteiger partial charge in [0.1, 0.15) is 0 Å². The Labute approximate surface area is 207 Å². The van der Waals surface area contributed by atoms with Crippen LogP contribution in [0.5, 0.6) is 11.5 Å². The summed E-state index contributed by atoms with van der Waals surface area (Å²) in [4.78, 5) is 12.6. The van der Waals surface area contributed by atoms with Crippen LogP contribution in [-0.4, -0.2) is 43.6 Å². The minimum absolute atomic E-state index is 0.0107. The smallest absolute Gasteiger partial charge is 0.255 e. The lowest BCUT2D eigenvalue weighted by atomic mass is 10.2. The summed E-state index contributed by atoms with van der Waals surface area (Å²) in [5.41, 5.74) is 3.23. The highest BCUT2D eigenvalue weighted by atomic mass is 35.5. The summed E-state index contributed by atoms with van der Waals surface area (Å²) >= 11 is 11.8. The lowest BCUT2D eigenvalue weighted by Crippen LogP contribution is -2.39. The Morgan fingerprint density at radius 3 is 2.29 bits per heavy atom. The van der Waals surface area contributed by atoms with Crippen LogP contribution in [0, 0.1) is 0 Å². The van der Waals surface area contributed by atoms with Crippen LogP contribution in [0.25, 0.3) is 0 Å². The van der Waals surface area contributed by atoms with Crippen molar-refractivity contribution in [2.45, 2.75) is 11.4 Å². The predicted molar refractivity (Wildman–Crippen MR) is 131 cm³/mol. The van der Waals surface area contributed by atoms with Gasteiger partial charge < -0.3 is 9.84 Å². The second-order valence-electron chi connectivity index (χ2n) is 7.04. The van der Waals surface area contributed by atoms with E-state index in [0.29, 0.717) is 21.2 Å². The zero-order valence-electron chi connectivity index (χ0n) is 18.0. The fraction of sp³-hybridized carbons (Fsp3) is 0.130. The Kier molecular flexibility index (Phi) is 8.51. The molecule has 0 aliphatic carbocycles. The van der Waals surface area contributed by atoms with Crippen molar-refractivity contribution in [3.8, 4) is 11.5 Å². The Hall–Kier alpha value is -3.11. The fourth-order valence-electron chi connectivity index (χ4n) is 2.95. The Morgan fingerprint density at radius 2 is 1.68 bits per heavy atom. The number of phenols is 1. The number of carbonyl (C=O) groups is 1. The number of benzene rings is 3. The number of ether oxygens (including phenoxy) is 1. The third kappa shape index (κ3) is 6.48. The molecule has 0 saturated carbocycles. The quantitative estimate of drug-likeness (QED) is 0.326. The Balaban J connectivity index is 1.79. The summed E-state index contributed by atoms with van der Waals surface area (Å²) < 4.78 is 32.6. The van der Waals surface area contributed by atoms with E-state index in [1.165, 1.54) is 37.6 Å². The van der Waals surface area contributed by atoms with Crippen LogP contribution in [0.3, 0.4) is 0 Å². The number of para-hydroxylation sites is 1. The van der Waals surface area contributed by atoms with Crippen LogP contribution in [-0.2, 0) is 21.4 Å². The molecule has 34 heavy (non-hydrogen) atoms. The van der Waals surface area contributed by atoms with E-state index in [9.17, 15) is 18.3 Å². The highest BCUT2D eigenvalue weighted by Gasteiger charge is 2.27. The first-order chi connectivity index (χ1) is 16.2. The highest BCUT2D eigenvalue weighted by Crippen LogP contribution is 2.28. The Morgan fingerprint density at radius 1 is 1.06 bits per heavy atom.